The van der Waals surface area contributed by atoms with E-state index in [1.165, 1.54) is 48.5 Å². The Morgan fingerprint density at radius 2 is 0.909 bits per heavy atom. The fraction of sp³-hybridized carbons (Fsp3) is 0.300. The van der Waals surface area contributed by atoms with Crippen LogP contribution in [0.5, 0.6) is 0 Å². The predicted molar refractivity (Wildman–Crippen MR) is 187 cm³/mol. The molecule has 0 aromatic heterocycles. The minimum atomic E-state index is -1.95. The van der Waals surface area contributed by atoms with Crippen LogP contribution < -0.4 is 0 Å². The number of rotatable bonds is 12. The summed E-state index contributed by atoms with van der Waals surface area (Å²) >= 11 is 0. The number of ether oxygens (including phenoxy) is 7. The van der Waals surface area contributed by atoms with Gasteiger partial charge in [-0.25, -0.2) is 19.2 Å². The summed E-state index contributed by atoms with van der Waals surface area (Å²) in [6, 6.07) is 31.2. The molecule has 2 saturated heterocycles. The second kappa shape index (κ2) is 18.2. The van der Waals surface area contributed by atoms with E-state index in [1.807, 2.05) is 0 Å². The van der Waals surface area contributed by atoms with Crippen LogP contribution in [0.3, 0.4) is 0 Å². The quantitative estimate of drug-likeness (QED) is 0.120. The van der Waals surface area contributed by atoms with E-state index in [2.05, 4.69) is 0 Å². The monoisotopic (exact) mass is 758 g/mol. The molecule has 15 heteroatoms. The Bertz CT molecular complexity index is 1880. The Balaban J connectivity index is 1.43. The maximum atomic E-state index is 13.8. The molecule has 55 heavy (non-hydrogen) atoms. The molecule has 4 aromatic rings. The van der Waals surface area contributed by atoms with Gasteiger partial charge in [-0.1, -0.05) is 72.8 Å². The van der Waals surface area contributed by atoms with Crippen molar-refractivity contribution in [3.63, 3.8) is 0 Å². The molecule has 2 aliphatic heterocycles. The maximum Gasteiger partial charge on any atom is 0.338 e. The summed E-state index contributed by atoms with van der Waals surface area (Å²) in [7, 11) is 0. The lowest BCUT2D eigenvalue weighted by molar-refractivity contribution is -0.354. The van der Waals surface area contributed by atoms with Gasteiger partial charge in [0.15, 0.2) is 30.9 Å². The van der Waals surface area contributed by atoms with Gasteiger partial charge in [-0.15, -0.1) is 0 Å². The van der Waals surface area contributed by atoms with Crippen molar-refractivity contribution in [3.8, 4) is 0 Å². The molecule has 2 fully saturated rings. The van der Waals surface area contributed by atoms with Gasteiger partial charge in [0.1, 0.15) is 37.1 Å². The largest absolute Gasteiger partial charge is 0.459 e. The van der Waals surface area contributed by atoms with E-state index in [4.69, 9.17) is 33.2 Å². The van der Waals surface area contributed by atoms with Crippen LogP contribution >= 0.6 is 0 Å². The third-order valence-electron chi connectivity index (χ3n) is 8.87. The lowest BCUT2D eigenvalue weighted by atomic mass is 9.96. The molecule has 0 unspecified atom stereocenters. The van der Waals surface area contributed by atoms with Crippen LogP contribution in [0.15, 0.2) is 121 Å². The molecule has 2 heterocycles. The number of hydrogen-bond donors (Lipinski definition) is 4. The molecule has 2 aliphatic rings. The molecule has 0 spiro atoms. The number of esters is 4. The molecule has 6 rings (SSSR count). The highest BCUT2D eigenvalue weighted by Gasteiger charge is 2.56. The van der Waals surface area contributed by atoms with Crippen molar-refractivity contribution in [1.29, 1.82) is 0 Å². The average Bonchev–Trinajstić information content (AvgIpc) is 3.22. The van der Waals surface area contributed by atoms with Gasteiger partial charge in [-0.05, 0) is 48.5 Å². The summed E-state index contributed by atoms with van der Waals surface area (Å²) in [4.78, 5) is 54.3. The second-order valence-corrected chi connectivity index (χ2v) is 12.5. The molecule has 0 saturated carbocycles. The lowest BCUT2D eigenvalue weighted by Gasteiger charge is -2.47. The van der Waals surface area contributed by atoms with Crippen molar-refractivity contribution >= 4 is 23.9 Å². The average molecular weight is 759 g/mol. The van der Waals surface area contributed by atoms with E-state index in [1.54, 1.807) is 72.8 Å². The fourth-order valence-corrected chi connectivity index (χ4v) is 6.02. The van der Waals surface area contributed by atoms with Crippen LogP contribution in [0.2, 0.25) is 0 Å². The first kappa shape index (κ1) is 39.2. The molecule has 15 nitrogen and oxygen atoms in total. The molecular weight excluding hydrogens is 720 g/mol. The van der Waals surface area contributed by atoms with E-state index in [0.29, 0.717) is 0 Å². The number of benzene rings is 4. The van der Waals surface area contributed by atoms with Crippen LogP contribution in [-0.2, 0) is 33.2 Å². The number of carbonyl (C=O) groups excluding carboxylic acids is 4. The molecule has 0 aliphatic carbocycles. The summed E-state index contributed by atoms with van der Waals surface area (Å²) in [5.41, 5.74) is 0.365. The van der Waals surface area contributed by atoms with E-state index < -0.39 is 98.5 Å². The van der Waals surface area contributed by atoms with Crippen LogP contribution in [0.25, 0.3) is 0 Å². The van der Waals surface area contributed by atoms with Crippen molar-refractivity contribution in [3.05, 3.63) is 144 Å². The number of hydrogen-bond acceptors (Lipinski definition) is 15. The summed E-state index contributed by atoms with van der Waals surface area (Å²) in [6.45, 7) is -1.45. The van der Waals surface area contributed by atoms with Crippen molar-refractivity contribution in [2.75, 3.05) is 13.2 Å². The van der Waals surface area contributed by atoms with Crippen LogP contribution in [0.4, 0.5) is 0 Å². The van der Waals surface area contributed by atoms with Gasteiger partial charge < -0.3 is 53.6 Å². The van der Waals surface area contributed by atoms with Crippen molar-refractivity contribution < 1.29 is 72.8 Å². The summed E-state index contributed by atoms with van der Waals surface area (Å²) in [5.74, 6) is -3.62. The highest BCUT2D eigenvalue weighted by atomic mass is 16.7. The Hall–Kier alpha value is -5.52. The highest BCUT2D eigenvalue weighted by molar-refractivity contribution is 5.91. The van der Waals surface area contributed by atoms with Crippen LogP contribution in [0, 0.1) is 0 Å². The zero-order valence-electron chi connectivity index (χ0n) is 29.0. The van der Waals surface area contributed by atoms with Gasteiger partial charge in [-0.3, -0.25) is 0 Å². The van der Waals surface area contributed by atoms with Crippen LogP contribution in [0.1, 0.15) is 41.4 Å². The molecule has 10 atom stereocenters. The minimum Gasteiger partial charge on any atom is -0.459 e. The number of aliphatic hydroxyl groups is 4. The molecule has 288 valence electrons. The van der Waals surface area contributed by atoms with Crippen molar-refractivity contribution in [1.82, 2.24) is 0 Å². The zero-order valence-corrected chi connectivity index (χ0v) is 29.0. The van der Waals surface area contributed by atoms with Gasteiger partial charge in [0.25, 0.3) is 0 Å². The number of aliphatic hydroxyl groups excluding tert-OH is 4. The first-order chi connectivity index (χ1) is 26.6. The third kappa shape index (κ3) is 9.41. The molecule has 0 radical (unpaired) electrons. The molecule has 4 aromatic carbocycles. The Kier molecular flexibility index (Phi) is 13.0. The van der Waals surface area contributed by atoms with Gasteiger partial charge in [-0.2, -0.15) is 0 Å². The number of carbonyl (C=O) groups is 4. The van der Waals surface area contributed by atoms with E-state index >= 15 is 0 Å². The molecule has 4 N–H and O–H groups in total. The summed E-state index contributed by atoms with van der Waals surface area (Å²) in [5, 5.41) is 42.2. The normalized spacial score (nSPS) is 27.6. The molecule has 0 amide bonds. The zero-order chi connectivity index (χ0) is 38.9. The Morgan fingerprint density at radius 1 is 0.491 bits per heavy atom. The van der Waals surface area contributed by atoms with Gasteiger partial charge in [0, 0.05) is 0 Å². The van der Waals surface area contributed by atoms with Crippen molar-refractivity contribution in [2.45, 2.75) is 61.4 Å². The third-order valence-corrected chi connectivity index (χ3v) is 8.87. The first-order valence-electron chi connectivity index (χ1n) is 17.3. The van der Waals surface area contributed by atoms with Crippen molar-refractivity contribution in [2.24, 2.45) is 0 Å². The lowest BCUT2D eigenvalue weighted by Crippen LogP contribution is -2.66. The predicted octanol–water partition coefficient (Wildman–Crippen LogP) is 2.06. The topological polar surface area (TPSA) is 214 Å². The maximum absolute atomic E-state index is 13.8. The standard InChI is InChI=1S/C40H38O15/c41-21-27-29(42)32(30(43)39(48)50-27)55-40-34(54-38(47)26-19-11-4-12-20-26)33(53-37(46)25-17-9-3-10-18-25)31(52-36(45)24-15-7-2-8-16-24)28(51-40)22-49-35(44)23-13-5-1-6-14-23/h1-20,27-34,39-43,48H,21-22H2/t27-,28-,29+,30-,31-,32+,33+,34-,39-,40+/m1/s1. The molecule has 0 bridgehead atoms. The minimum absolute atomic E-state index is 0.0491. The van der Waals surface area contributed by atoms with Gasteiger partial charge >= 0.3 is 23.9 Å². The molecular formula is C40H38O15. The Labute approximate surface area is 314 Å². The smallest absolute Gasteiger partial charge is 0.338 e. The fourth-order valence-electron chi connectivity index (χ4n) is 6.02. The summed E-state index contributed by atoms with van der Waals surface area (Å²) in [6.07, 6.45) is -17.6. The van der Waals surface area contributed by atoms with E-state index in [9.17, 15) is 39.6 Å². The first-order valence-corrected chi connectivity index (χ1v) is 17.3. The Morgan fingerprint density at radius 3 is 1.36 bits per heavy atom. The van der Waals surface area contributed by atoms with Gasteiger partial charge in [0.05, 0.1) is 28.9 Å². The SMILES string of the molecule is O=C(OC[C@H]1O[C@@H](O[C@@H]2[C@@H](O)[C@H](O)O[C@H](CO)[C@@H]2O)[C@H](OC(=O)c2ccccc2)[C@@H](OC(=O)c2ccccc2)[C@@H]1OC(=O)c1ccccc1)c1ccccc1. The second-order valence-electron chi connectivity index (χ2n) is 12.5. The van der Waals surface area contributed by atoms with Gasteiger partial charge in [0.2, 0.25) is 0 Å². The van der Waals surface area contributed by atoms with E-state index in [0.717, 1.165) is 0 Å². The summed E-state index contributed by atoms with van der Waals surface area (Å²) < 4.78 is 40.9. The highest BCUT2D eigenvalue weighted by Crippen LogP contribution is 2.34. The van der Waals surface area contributed by atoms with Crippen LogP contribution in [-0.4, -0.2) is 119 Å². The van der Waals surface area contributed by atoms with E-state index in [-0.39, 0.29) is 22.3 Å².